The quantitative estimate of drug-likeness (QED) is 0.281. The molecule has 0 spiro atoms. The van der Waals surface area contributed by atoms with Gasteiger partial charge in [0.25, 0.3) is 5.91 Å². The highest BCUT2D eigenvalue weighted by Gasteiger charge is 2.38. The van der Waals surface area contributed by atoms with Gasteiger partial charge in [-0.15, -0.1) is 0 Å². The van der Waals surface area contributed by atoms with Gasteiger partial charge in [-0.1, -0.05) is 12.1 Å². The molecule has 10 nitrogen and oxygen atoms in total. The van der Waals surface area contributed by atoms with Gasteiger partial charge in [0.05, 0.1) is 11.6 Å². The fourth-order valence-corrected chi connectivity index (χ4v) is 4.11. The number of nitriles is 1. The normalized spacial score (nSPS) is 13.3. The SMILES string of the molecule is CN(Cc1ccc(C#N)cc1)C1CCN(c2cc(NC(=O)c3ccc(F)cc3)ccn2)CC1.O=C(O)C(F)(F)F.O=C(O)C(F)(F)F. The smallest absolute Gasteiger partial charge is 0.475 e. The number of anilines is 2. The molecule has 2 aromatic carbocycles. The van der Waals surface area contributed by atoms with E-state index in [4.69, 9.17) is 25.1 Å². The zero-order valence-electron chi connectivity index (χ0n) is 24.5. The lowest BCUT2D eigenvalue weighted by Crippen LogP contribution is -2.43. The molecule has 1 aliphatic heterocycles. The summed E-state index contributed by atoms with van der Waals surface area (Å²) in [6, 6.07) is 19.5. The van der Waals surface area contributed by atoms with Crippen molar-refractivity contribution in [2.45, 2.75) is 37.8 Å². The van der Waals surface area contributed by atoms with E-state index in [1.54, 1.807) is 12.3 Å². The maximum absolute atomic E-state index is 13.1. The van der Waals surface area contributed by atoms with Gasteiger partial charge in [0.1, 0.15) is 11.6 Å². The summed E-state index contributed by atoms with van der Waals surface area (Å²) < 4.78 is 76.6. The first-order valence-electron chi connectivity index (χ1n) is 13.5. The average Bonchev–Trinajstić information content (AvgIpc) is 3.01. The second-order valence-corrected chi connectivity index (χ2v) is 9.91. The summed E-state index contributed by atoms with van der Waals surface area (Å²) in [6.45, 7) is 2.61. The van der Waals surface area contributed by atoms with Crippen molar-refractivity contribution in [2.24, 2.45) is 0 Å². The molecule has 1 amide bonds. The van der Waals surface area contributed by atoms with Gasteiger partial charge in [-0.25, -0.2) is 19.0 Å². The van der Waals surface area contributed by atoms with E-state index in [-0.39, 0.29) is 11.7 Å². The maximum atomic E-state index is 13.1. The highest BCUT2D eigenvalue weighted by atomic mass is 19.4. The van der Waals surface area contributed by atoms with Gasteiger partial charge in [0, 0.05) is 49.2 Å². The summed E-state index contributed by atoms with van der Waals surface area (Å²) in [5.41, 5.74) is 2.94. The average molecular weight is 672 g/mol. The third kappa shape index (κ3) is 13.0. The lowest BCUT2D eigenvalue weighted by Gasteiger charge is -2.37. The summed E-state index contributed by atoms with van der Waals surface area (Å²) >= 11 is 0. The third-order valence-electron chi connectivity index (χ3n) is 6.52. The number of alkyl halides is 6. The zero-order valence-corrected chi connectivity index (χ0v) is 24.5. The number of hydrogen-bond acceptors (Lipinski definition) is 7. The van der Waals surface area contributed by atoms with Gasteiger partial charge in [-0.3, -0.25) is 9.69 Å². The van der Waals surface area contributed by atoms with Crippen LogP contribution >= 0.6 is 0 Å². The molecule has 0 bridgehead atoms. The van der Waals surface area contributed by atoms with E-state index >= 15 is 0 Å². The summed E-state index contributed by atoms with van der Waals surface area (Å²) in [5.74, 6) is -5.33. The van der Waals surface area contributed by atoms with E-state index in [1.807, 2.05) is 30.3 Å². The number of halogens is 7. The number of aromatic nitrogens is 1. The molecule has 47 heavy (non-hydrogen) atoms. The topological polar surface area (TPSA) is 147 Å². The maximum Gasteiger partial charge on any atom is 0.490 e. The molecule has 0 atom stereocenters. The molecule has 2 heterocycles. The molecule has 17 heteroatoms. The fraction of sp³-hybridized carbons (Fsp3) is 0.300. The number of hydrogen-bond donors (Lipinski definition) is 3. The Kier molecular flexibility index (Phi) is 13.6. The molecule has 252 valence electrons. The number of aliphatic carboxylic acids is 2. The van der Waals surface area contributed by atoms with Crippen molar-refractivity contribution in [3.8, 4) is 6.07 Å². The number of carbonyl (C=O) groups is 3. The largest absolute Gasteiger partial charge is 0.490 e. The minimum atomic E-state index is -5.08. The number of nitrogens with one attached hydrogen (secondary N) is 1. The second kappa shape index (κ2) is 16.9. The molecule has 1 aliphatic rings. The van der Waals surface area contributed by atoms with E-state index in [9.17, 15) is 35.5 Å². The lowest BCUT2D eigenvalue weighted by molar-refractivity contribution is -0.193. The Hall–Kier alpha value is -5.24. The summed E-state index contributed by atoms with van der Waals surface area (Å²) in [6.07, 6.45) is -6.44. The van der Waals surface area contributed by atoms with Crippen LogP contribution in [0.4, 0.5) is 42.2 Å². The van der Waals surface area contributed by atoms with Crippen molar-refractivity contribution in [3.05, 3.63) is 89.4 Å². The van der Waals surface area contributed by atoms with Gasteiger partial charge in [-0.2, -0.15) is 31.6 Å². The number of rotatable bonds is 6. The first kappa shape index (κ1) is 37.9. The predicted molar refractivity (Wildman–Crippen MR) is 154 cm³/mol. The number of pyridine rings is 1. The monoisotopic (exact) mass is 671 g/mol. The zero-order chi connectivity index (χ0) is 35.4. The van der Waals surface area contributed by atoms with E-state index in [2.05, 4.69) is 33.2 Å². The standard InChI is InChI=1S/C26H26FN5O.2C2HF3O2/c1-31(18-20-4-2-19(17-28)3-5-20)24-11-14-32(15-12-24)25-16-23(10-13-29-25)30-26(33)21-6-8-22(27)9-7-21;2*3-2(4,5)1(6)7/h2-10,13,16,24H,11-12,14-15,18H2,1H3,(H,29,30,33);2*(H,6,7). The van der Waals surface area contributed by atoms with Crippen molar-refractivity contribution < 1.29 is 55.3 Å². The summed E-state index contributed by atoms with van der Waals surface area (Å²) in [4.78, 5) is 39.3. The molecule has 0 unspecified atom stereocenters. The molecule has 0 aliphatic carbocycles. The first-order chi connectivity index (χ1) is 21.9. The Morgan fingerprint density at radius 3 is 1.91 bits per heavy atom. The number of piperidine rings is 1. The Balaban J connectivity index is 0.000000459. The van der Waals surface area contributed by atoms with Crippen LogP contribution < -0.4 is 10.2 Å². The Morgan fingerprint density at radius 2 is 1.45 bits per heavy atom. The molecule has 0 saturated carbocycles. The van der Waals surface area contributed by atoms with Gasteiger partial charge in [0.15, 0.2) is 0 Å². The van der Waals surface area contributed by atoms with E-state index in [0.29, 0.717) is 22.9 Å². The molecule has 0 radical (unpaired) electrons. The minimum Gasteiger partial charge on any atom is -0.475 e. The van der Waals surface area contributed by atoms with Gasteiger partial charge >= 0.3 is 24.3 Å². The van der Waals surface area contributed by atoms with Crippen molar-refractivity contribution >= 4 is 29.4 Å². The molecular weight excluding hydrogens is 643 g/mol. The Labute approximate surface area is 263 Å². The number of benzene rings is 2. The van der Waals surface area contributed by atoms with Crippen molar-refractivity contribution in [1.29, 1.82) is 5.26 Å². The second-order valence-electron chi connectivity index (χ2n) is 9.91. The molecule has 3 aromatic rings. The van der Waals surface area contributed by atoms with Gasteiger partial charge in [-0.05, 0) is 67.9 Å². The van der Waals surface area contributed by atoms with Crippen LogP contribution in [0, 0.1) is 17.1 Å². The van der Waals surface area contributed by atoms with Crippen LogP contribution in [0.25, 0.3) is 0 Å². The Morgan fingerprint density at radius 1 is 0.936 bits per heavy atom. The number of carboxylic acids is 2. The van der Waals surface area contributed by atoms with E-state index in [1.165, 1.54) is 29.8 Å². The van der Waals surface area contributed by atoms with Crippen LogP contribution in [-0.2, 0) is 16.1 Å². The van der Waals surface area contributed by atoms with Gasteiger partial charge in [0.2, 0.25) is 0 Å². The van der Waals surface area contributed by atoms with Crippen LogP contribution in [-0.4, -0.2) is 76.5 Å². The number of nitrogens with zero attached hydrogens (tertiary/aromatic N) is 4. The Bertz CT molecular complexity index is 1510. The molecule has 1 aromatic heterocycles. The minimum absolute atomic E-state index is 0.282. The number of amides is 1. The van der Waals surface area contributed by atoms with Crippen LogP contribution in [0.1, 0.15) is 34.3 Å². The molecule has 3 N–H and O–H groups in total. The highest BCUT2D eigenvalue weighted by Crippen LogP contribution is 2.24. The van der Waals surface area contributed by atoms with Crippen molar-refractivity contribution in [2.75, 3.05) is 30.4 Å². The summed E-state index contributed by atoms with van der Waals surface area (Å²) in [5, 5.41) is 26.1. The fourth-order valence-electron chi connectivity index (χ4n) is 4.11. The van der Waals surface area contributed by atoms with Gasteiger partial charge < -0.3 is 20.4 Å². The van der Waals surface area contributed by atoms with Crippen LogP contribution in [0.5, 0.6) is 0 Å². The van der Waals surface area contributed by atoms with E-state index in [0.717, 1.165) is 38.3 Å². The molecule has 1 saturated heterocycles. The number of carbonyl (C=O) groups excluding carboxylic acids is 1. The van der Waals surface area contributed by atoms with E-state index < -0.39 is 24.3 Å². The lowest BCUT2D eigenvalue weighted by atomic mass is 10.0. The highest BCUT2D eigenvalue weighted by molar-refractivity contribution is 6.04. The predicted octanol–water partition coefficient (Wildman–Crippen LogP) is 5.71. The molecule has 4 rings (SSSR count). The molecular formula is C30H28F7N5O5. The van der Waals surface area contributed by atoms with Crippen LogP contribution in [0.2, 0.25) is 0 Å². The number of carboxylic acid groups (broad SMARTS) is 2. The van der Waals surface area contributed by atoms with Crippen molar-refractivity contribution in [3.63, 3.8) is 0 Å². The summed E-state index contributed by atoms with van der Waals surface area (Å²) in [7, 11) is 2.14. The molecule has 1 fully saturated rings. The first-order valence-corrected chi connectivity index (χ1v) is 13.5. The van der Waals surface area contributed by atoms with Crippen molar-refractivity contribution in [1.82, 2.24) is 9.88 Å². The van der Waals surface area contributed by atoms with Crippen LogP contribution in [0.15, 0.2) is 66.9 Å². The van der Waals surface area contributed by atoms with Crippen LogP contribution in [0.3, 0.4) is 0 Å². The third-order valence-corrected chi connectivity index (χ3v) is 6.52.